The molecule has 2 rings (SSSR count). The Morgan fingerprint density at radius 3 is 2.55 bits per heavy atom. The summed E-state index contributed by atoms with van der Waals surface area (Å²) in [6.07, 6.45) is 2.21. The molecule has 2 aromatic carbocycles. The molecule has 1 atom stereocenters. The van der Waals surface area contributed by atoms with Crippen LogP contribution in [-0.2, 0) is 6.42 Å². The number of nitrogens with one attached hydrogen (secondary N) is 1. The first-order valence-electron chi connectivity index (χ1n) is 7.17. The van der Waals surface area contributed by atoms with Crippen molar-refractivity contribution < 1.29 is 4.39 Å². The van der Waals surface area contributed by atoms with Crippen LogP contribution in [0, 0.1) is 12.7 Å². The minimum Gasteiger partial charge on any atom is -0.309 e. The van der Waals surface area contributed by atoms with E-state index in [1.54, 1.807) is 12.1 Å². The zero-order valence-electron chi connectivity index (χ0n) is 12.4. The Morgan fingerprint density at radius 1 is 1.10 bits per heavy atom. The lowest BCUT2D eigenvalue weighted by Crippen LogP contribution is -2.18. The molecule has 1 nitrogen and oxygen atoms in total. The molecule has 1 unspecified atom stereocenters. The molecule has 0 aliphatic carbocycles. The number of hydrogen-bond acceptors (Lipinski definition) is 1. The van der Waals surface area contributed by atoms with Gasteiger partial charge in [-0.3, -0.25) is 0 Å². The predicted octanol–water partition coefficient (Wildman–Crippen LogP) is 4.40. The molecule has 20 heavy (non-hydrogen) atoms. The number of halogens is 1. The summed E-state index contributed by atoms with van der Waals surface area (Å²) in [7, 11) is 1.91. The van der Waals surface area contributed by atoms with Crippen LogP contribution in [-0.4, -0.2) is 7.05 Å². The monoisotopic (exact) mass is 271 g/mol. The van der Waals surface area contributed by atoms with Crippen LogP contribution in [0.3, 0.4) is 0 Å². The third-order valence-electron chi connectivity index (χ3n) is 3.51. The average molecular weight is 271 g/mol. The topological polar surface area (TPSA) is 12.0 Å². The van der Waals surface area contributed by atoms with E-state index in [0.29, 0.717) is 0 Å². The first-order chi connectivity index (χ1) is 9.63. The van der Waals surface area contributed by atoms with Crippen molar-refractivity contribution in [1.82, 2.24) is 5.32 Å². The van der Waals surface area contributed by atoms with Crippen LogP contribution in [0.15, 0.2) is 42.5 Å². The summed E-state index contributed by atoms with van der Waals surface area (Å²) >= 11 is 0. The Hall–Kier alpha value is -1.67. The molecule has 0 radical (unpaired) electrons. The van der Waals surface area contributed by atoms with Crippen molar-refractivity contribution in [2.24, 2.45) is 0 Å². The van der Waals surface area contributed by atoms with Crippen LogP contribution in [0.25, 0.3) is 0 Å². The van der Waals surface area contributed by atoms with Crippen molar-refractivity contribution in [3.05, 3.63) is 70.5 Å². The fourth-order valence-electron chi connectivity index (χ4n) is 2.67. The number of rotatable bonds is 5. The summed E-state index contributed by atoms with van der Waals surface area (Å²) in [5, 5.41) is 3.29. The standard InChI is InChI=1S/C18H22FN/c1-4-6-14-7-5-8-15(11-14)18(20-3)16-9-13(2)10-17(19)12-16/h5,7-12,18,20H,4,6H2,1-3H3. The molecule has 0 amide bonds. The van der Waals surface area contributed by atoms with Gasteiger partial charge in [0, 0.05) is 0 Å². The van der Waals surface area contributed by atoms with E-state index in [9.17, 15) is 4.39 Å². The molecule has 0 aliphatic heterocycles. The fraction of sp³-hybridized carbons (Fsp3) is 0.333. The smallest absolute Gasteiger partial charge is 0.123 e. The van der Waals surface area contributed by atoms with Crippen molar-refractivity contribution in [2.45, 2.75) is 32.7 Å². The molecule has 2 heteroatoms. The largest absolute Gasteiger partial charge is 0.309 e. The molecule has 1 N–H and O–H groups in total. The van der Waals surface area contributed by atoms with E-state index in [1.807, 2.05) is 20.0 Å². The molecule has 0 fully saturated rings. The Morgan fingerprint density at radius 2 is 1.90 bits per heavy atom. The first kappa shape index (κ1) is 14.7. The number of benzene rings is 2. The van der Waals surface area contributed by atoms with Crippen LogP contribution < -0.4 is 5.32 Å². The van der Waals surface area contributed by atoms with Gasteiger partial charge in [-0.1, -0.05) is 43.7 Å². The lowest BCUT2D eigenvalue weighted by atomic mass is 9.95. The molecular formula is C18H22FN. The predicted molar refractivity (Wildman–Crippen MR) is 82.5 cm³/mol. The van der Waals surface area contributed by atoms with Crippen LogP contribution in [0.5, 0.6) is 0 Å². The van der Waals surface area contributed by atoms with Crippen molar-refractivity contribution in [1.29, 1.82) is 0 Å². The van der Waals surface area contributed by atoms with Crippen LogP contribution in [0.2, 0.25) is 0 Å². The van der Waals surface area contributed by atoms with Gasteiger partial charge in [0.25, 0.3) is 0 Å². The Labute approximate surface area is 120 Å². The molecule has 2 aromatic rings. The summed E-state index contributed by atoms with van der Waals surface area (Å²) in [6.45, 7) is 4.10. The zero-order chi connectivity index (χ0) is 14.5. The van der Waals surface area contributed by atoms with E-state index < -0.39 is 0 Å². The molecule has 0 spiro atoms. The van der Waals surface area contributed by atoms with Gasteiger partial charge >= 0.3 is 0 Å². The van der Waals surface area contributed by atoms with E-state index >= 15 is 0 Å². The summed E-state index contributed by atoms with van der Waals surface area (Å²) < 4.78 is 13.6. The van der Waals surface area contributed by atoms with Gasteiger partial charge in [0.05, 0.1) is 6.04 Å². The van der Waals surface area contributed by atoms with Gasteiger partial charge in [-0.15, -0.1) is 0 Å². The quantitative estimate of drug-likeness (QED) is 0.850. The second kappa shape index (κ2) is 6.67. The summed E-state index contributed by atoms with van der Waals surface area (Å²) in [5.41, 5.74) is 4.44. The van der Waals surface area contributed by atoms with Crippen molar-refractivity contribution >= 4 is 0 Å². The lowest BCUT2D eigenvalue weighted by Gasteiger charge is -2.19. The van der Waals surface area contributed by atoms with Gasteiger partial charge in [-0.25, -0.2) is 4.39 Å². The van der Waals surface area contributed by atoms with E-state index in [4.69, 9.17) is 0 Å². The summed E-state index contributed by atoms with van der Waals surface area (Å²) in [6, 6.07) is 13.8. The maximum absolute atomic E-state index is 13.6. The summed E-state index contributed by atoms with van der Waals surface area (Å²) in [4.78, 5) is 0. The van der Waals surface area contributed by atoms with Crippen LogP contribution in [0.4, 0.5) is 4.39 Å². The molecule has 0 heterocycles. The average Bonchev–Trinajstić information content (AvgIpc) is 2.39. The van der Waals surface area contributed by atoms with Gasteiger partial charge in [0.1, 0.15) is 5.82 Å². The minimum absolute atomic E-state index is 0.0289. The third-order valence-corrected chi connectivity index (χ3v) is 3.51. The Kier molecular flexibility index (Phi) is 4.91. The third kappa shape index (κ3) is 3.45. The molecule has 0 aromatic heterocycles. The van der Waals surface area contributed by atoms with E-state index in [2.05, 4.69) is 36.5 Å². The maximum Gasteiger partial charge on any atom is 0.123 e. The van der Waals surface area contributed by atoms with Crippen LogP contribution in [0.1, 0.15) is 41.6 Å². The summed E-state index contributed by atoms with van der Waals surface area (Å²) in [5.74, 6) is -0.176. The van der Waals surface area contributed by atoms with Crippen LogP contribution >= 0.6 is 0 Å². The van der Waals surface area contributed by atoms with Gasteiger partial charge in [-0.2, -0.15) is 0 Å². The van der Waals surface area contributed by atoms with Gasteiger partial charge in [-0.05, 0) is 54.8 Å². The van der Waals surface area contributed by atoms with Crippen molar-refractivity contribution in [3.63, 3.8) is 0 Å². The fourth-order valence-corrected chi connectivity index (χ4v) is 2.67. The normalized spacial score (nSPS) is 12.4. The highest BCUT2D eigenvalue weighted by Gasteiger charge is 2.13. The van der Waals surface area contributed by atoms with E-state index in [-0.39, 0.29) is 11.9 Å². The number of hydrogen-bond donors (Lipinski definition) is 1. The van der Waals surface area contributed by atoms with E-state index in [0.717, 1.165) is 24.0 Å². The highest BCUT2D eigenvalue weighted by Crippen LogP contribution is 2.24. The molecule has 106 valence electrons. The Balaban J connectivity index is 2.38. The van der Waals surface area contributed by atoms with Gasteiger partial charge in [0.2, 0.25) is 0 Å². The van der Waals surface area contributed by atoms with E-state index in [1.165, 1.54) is 11.1 Å². The zero-order valence-corrected chi connectivity index (χ0v) is 12.4. The SMILES string of the molecule is CCCc1cccc(C(NC)c2cc(C)cc(F)c2)c1. The van der Waals surface area contributed by atoms with Gasteiger partial charge in [0.15, 0.2) is 0 Å². The highest BCUT2D eigenvalue weighted by molar-refractivity contribution is 5.36. The second-order valence-corrected chi connectivity index (χ2v) is 5.28. The second-order valence-electron chi connectivity index (χ2n) is 5.28. The lowest BCUT2D eigenvalue weighted by molar-refractivity contribution is 0.615. The molecule has 0 saturated heterocycles. The Bertz CT molecular complexity index is 557. The van der Waals surface area contributed by atoms with Crippen molar-refractivity contribution in [2.75, 3.05) is 7.05 Å². The maximum atomic E-state index is 13.6. The van der Waals surface area contributed by atoms with Gasteiger partial charge < -0.3 is 5.32 Å². The molecule has 0 aliphatic rings. The molecule has 0 bridgehead atoms. The molecule has 0 saturated carbocycles. The highest BCUT2D eigenvalue weighted by atomic mass is 19.1. The number of aryl methyl sites for hydroxylation is 2. The minimum atomic E-state index is -0.176. The molecular weight excluding hydrogens is 249 g/mol. The first-order valence-corrected chi connectivity index (χ1v) is 7.17. The van der Waals surface area contributed by atoms with Crippen molar-refractivity contribution in [3.8, 4) is 0 Å².